The van der Waals surface area contributed by atoms with Gasteiger partial charge >= 0.3 is 0 Å². The van der Waals surface area contributed by atoms with E-state index < -0.39 is 0 Å². The average molecular weight is 572 g/mol. The summed E-state index contributed by atoms with van der Waals surface area (Å²) in [6, 6.07) is 47.3. The molecule has 0 N–H and O–H groups in total. The molecule has 0 atom stereocenters. The Bertz CT molecular complexity index is 2400. The minimum absolute atomic E-state index is 0.386. The molecule has 7 aromatic rings. The van der Waals surface area contributed by atoms with Crippen molar-refractivity contribution >= 4 is 27.5 Å². The van der Waals surface area contributed by atoms with Gasteiger partial charge in [0, 0.05) is 38.7 Å². The van der Waals surface area contributed by atoms with Gasteiger partial charge in [0.1, 0.15) is 0 Å². The number of benzene rings is 6. The summed E-state index contributed by atoms with van der Waals surface area (Å²) >= 11 is 0. The second-order valence-corrected chi connectivity index (χ2v) is 10.5. The Balaban J connectivity index is 1.78. The molecule has 6 aromatic carbocycles. The summed E-state index contributed by atoms with van der Waals surface area (Å²) in [5.41, 5.74) is 8.71. The van der Waals surface area contributed by atoms with E-state index in [2.05, 4.69) is 39.8 Å². The monoisotopic (exact) mass is 571 g/mol. The molecule has 5 nitrogen and oxygen atoms in total. The molecule has 0 fully saturated rings. The van der Waals surface area contributed by atoms with Crippen molar-refractivity contribution < 1.29 is 0 Å². The van der Waals surface area contributed by atoms with Crippen molar-refractivity contribution in [1.82, 2.24) is 4.57 Å². The molecule has 0 radical (unpaired) electrons. The van der Waals surface area contributed by atoms with Gasteiger partial charge in [0.25, 0.3) is 0 Å². The number of hydrogen-bond donors (Lipinski definition) is 0. The first-order valence-corrected chi connectivity index (χ1v) is 14.3. The summed E-state index contributed by atoms with van der Waals surface area (Å²) in [4.78, 5) is 3.87. The first-order valence-electron chi connectivity index (χ1n) is 14.3. The van der Waals surface area contributed by atoms with Crippen LogP contribution in [0.5, 0.6) is 0 Å². The molecule has 0 amide bonds. The van der Waals surface area contributed by atoms with Crippen LogP contribution in [-0.2, 0) is 0 Å². The highest BCUT2D eigenvalue weighted by molar-refractivity contribution is 6.22. The number of rotatable bonds is 4. The minimum Gasteiger partial charge on any atom is -0.309 e. The fraction of sp³-hybridized carbons (Fsp3) is 0. The second kappa shape index (κ2) is 11.1. The Morgan fingerprint density at radius 1 is 0.533 bits per heavy atom. The predicted octanol–water partition coefficient (Wildman–Crippen LogP) is 9.95. The largest absolute Gasteiger partial charge is 0.309 e. The van der Waals surface area contributed by atoms with Gasteiger partial charge in [-0.3, -0.25) is 0 Å². The SMILES string of the molecule is [C-]#[N+]c1cccc(C#N)c1-c1c(-c2ccccc2)ccc2c1c1cccc(-c3c(C#N)cccc3C#N)c1n2-c1ccccc1. The van der Waals surface area contributed by atoms with Crippen LogP contribution in [-0.4, -0.2) is 4.57 Å². The van der Waals surface area contributed by atoms with Crippen LogP contribution in [0.1, 0.15) is 16.7 Å². The Hall–Kier alpha value is -6.92. The molecule has 0 spiro atoms. The molecule has 0 aliphatic rings. The van der Waals surface area contributed by atoms with Crippen molar-refractivity contribution in [2.75, 3.05) is 0 Å². The van der Waals surface area contributed by atoms with Crippen LogP contribution in [0.25, 0.3) is 65.7 Å². The normalized spacial score (nSPS) is 10.6. The molecule has 206 valence electrons. The Labute approximate surface area is 260 Å². The van der Waals surface area contributed by atoms with Crippen LogP contribution >= 0.6 is 0 Å². The first kappa shape index (κ1) is 26.9. The van der Waals surface area contributed by atoms with Crippen LogP contribution < -0.4 is 0 Å². The maximum atomic E-state index is 10.3. The zero-order chi connectivity index (χ0) is 30.9. The van der Waals surface area contributed by atoms with Crippen LogP contribution in [0.15, 0.2) is 127 Å². The fourth-order valence-corrected chi connectivity index (χ4v) is 6.34. The molecule has 0 saturated heterocycles. The number of aromatic nitrogens is 1. The van der Waals surface area contributed by atoms with Crippen molar-refractivity contribution in [3.05, 3.63) is 156 Å². The van der Waals surface area contributed by atoms with Gasteiger partial charge in [0.15, 0.2) is 5.69 Å². The number of para-hydroxylation sites is 2. The topological polar surface area (TPSA) is 80.7 Å². The van der Waals surface area contributed by atoms with E-state index >= 15 is 0 Å². The summed E-state index contributed by atoms with van der Waals surface area (Å²) in [7, 11) is 0. The molecule has 0 saturated carbocycles. The van der Waals surface area contributed by atoms with Crippen LogP contribution in [0.2, 0.25) is 0 Å². The highest BCUT2D eigenvalue weighted by atomic mass is 15.0. The van der Waals surface area contributed by atoms with E-state index in [1.165, 1.54) is 0 Å². The van der Waals surface area contributed by atoms with E-state index in [1.807, 2.05) is 78.9 Å². The van der Waals surface area contributed by atoms with Crippen LogP contribution in [0.3, 0.4) is 0 Å². The van der Waals surface area contributed by atoms with E-state index in [0.717, 1.165) is 49.7 Å². The molecule has 0 aliphatic heterocycles. The van der Waals surface area contributed by atoms with Crippen molar-refractivity contribution in [2.24, 2.45) is 0 Å². The van der Waals surface area contributed by atoms with Crippen molar-refractivity contribution in [1.29, 1.82) is 15.8 Å². The molecule has 5 heteroatoms. The number of nitrogens with zero attached hydrogens (tertiary/aromatic N) is 5. The second-order valence-electron chi connectivity index (χ2n) is 10.5. The molecular weight excluding hydrogens is 550 g/mol. The van der Waals surface area contributed by atoms with Gasteiger partial charge in [0.2, 0.25) is 0 Å². The van der Waals surface area contributed by atoms with Crippen LogP contribution in [0, 0.1) is 40.6 Å². The third-order valence-corrected chi connectivity index (χ3v) is 8.16. The van der Waals surface area contributed by atoms with Crippen LogP contribution in [0.4, 0.5) is 5.69 Å². The van der Waals surface area contributed by atoms with E-state index in [9.17, 15) is 15.8 Å². The molecule has 7 rings (SSSR count). The lowest BCUT2D eigenvalue weighted by atomic mass is 9.87. The smallest absolute Gasteiger partial charge is 0.196 e. The maximum absolute atomic E-state index is 10.3. The quantitative estimate of drug-likeness (QED) is 0.197. The highest BCUT2D eigenvalue weighted by Gasteiger charge is 2.26. The van der Waals surface area contributed by atoms with Gasteiger partial charge < -0.3 is 4.57 Å². The Morgan fingerprint density at radius 2 is 1.13 bits per heavy atom. The average Bonchev–Trinajstić information content (AvgIpc) is 3.46. The van der Waals surface area contributed by atoms with Gasteiger partial charge in [-0.05, 0) is 53.1 Å². The van der Waals surface area contributed by atoms with E-state index in [-0.39, 0.29) is 0 Å². The summed E-state index contributed by atoms with van der Waals surface area (Å²) in [5, 5.41) is 32.4. The molecule has 0 unspecified atom stereocenters. The summed E-state index contributed by atoms with van der Waals surface area (Å²) in [6.45, 7) is 8.08. The van der Waals surface area contributed by atoms with E-state index in [1.54, 1.807) is 36.4 Å². The lowest BCUT2D eigenvalue weighted by molar-refractivity contribution is 1.18. The third kappa shape index (κ3) is 4.21. The number of nitriles is 3. The first-order chi connectivity index (χ1) is 22.2. The summed E-state index contributed by atoms with van der Waals surface area (Å²) in [5.74, 6) is 0. The number of hydrogen-bond acceptors (Lipinski definition) is 3. The van der Waals surface area contributed by atoms with Gasteiger partial charge in [-0.1, -0.05) is 91.0 Å². The minimum atomic E-state index is 0.386. The van der Waals surface area contributed by atoms with E-state index in [0.29, 0.717) is 33.5 Å². The highest BCUT2D eigenvalue weighted by Crippen LogP contribution is 2.49. The van der Waals surface area contributed by atoms with Gasteiger partial charge in [-0.15, -0.1) is 0 Å². The van der Waals surface area contributed by atoms with Gasteiger partial charge in [0.05, 0.1) is 46.9 Å². The third-order valence-electron chi connectivity index (χ3n) is 8.16. The lowest BCUT2D eigenvalue weighted by Crippen LogP contribution is -1.97. The zero-order valence-electron chi connectivity index (χ0n) is 23.9. The van der Waals surface area contributed by atoms with E-state index in [4.69, 9.17) is 6.57 Å². The molecule has 45 heavy (non-hydrogen) atoms. The standard InChI is InChI=1S/C40H21N5/c1-44-34-20-9-15-29(25-43)37(34)39-31(26-11-4-2-5-12-26)21-22-35-38(39)33-19-10-18-32(36-27(23-41)13-8-14-28(36)24-42)40(33)45(35)30-16-6-3-7-17-30/h2-22H. The zero-order valence-corrected chi connectivity index (χ0v) is 23.9. The van der Waals surface area contributed by atoms with Crippen molar-refractivity contribution in [3.63, 3.8) is 0 Å². The van der Waals surface area contributed by atoms with Crippen molar-refractivity contribution in [3.8, 4) is 57.3 Å². The Morgan fingerprint density at radius 3 is 1.78 bits per heavy atom. The maximum Gasteiger partial charge on any atom is 0.196 e. The molecular formula is C40H21N5. The van der Waals surface area contributed by atoms with Gasteiger partial charge in [-0.2, -0.15) is 15.8 Å². The van der Waals surface area contributed by atoms with Gasteiger partial charge in [-0.25, -0.2) is 4.85 Å². The van der Waals surface area contributed by atoms with Crippen molar-refractivity contribution in [2.45, 2.75) is 0 Å². The Kier molecular flexibility index (Phi) is 6.62. The number of fused-ring (bicyclic) bond motifs is 3. The fourth-order valence-electron chi connectivity index (χ4n) is 6.34. The predicted molar refractivity (Wildman–Crippen MR) is 177 cm³/mol. The lowest BCUT2D eigenvalue weighted by Gasteiger charge is -2.16. The molecule has 1 heterocycles. The molecule has 0 aliphatic carbocycles. The molecule has 1 aromatic heterocycles. The molecule has 0 bridgehead atoms. The summed E-state index contributed by atoms with van der Waals surface area (Å²) < 4.78 is 2.15. The summed E-state index contributed by atoms with van der Waals surface area (Å²) in [6.07, 6.45) is 0.